The lowest BCUT2D eigenvalue weighted by molar-refractivity contribution is 0.889. The van der Waals surface area contributed by atoms with Crippen LogP contribution in [0.5, 0.6) is 0 Å². The number of aryl methyl sites for hydroxylation is 3. The molecule has 0 atom stereocenters. The van der Waals surface area contributed by atoms with Gasteiger partial charge in [-0.3, -0.25) is 0 Å². The number of nitrogens with zero attached hydrogens (tertiary/aromatic N) is 2. The molecule has 0 aromatic heterocycles. The second-order valence-electron chi connectivity index (χ2n) is 5.61. The first-order valence-corrected chi connectivity index (χ1v) is 6.99. The van der Waals surface area contributed by atoms with Crippen molar-refractivity contribution in [1.82, 2.24) is 0 Å². The van der Waals surface area contributed by atoms with E-state index in [4.69, 9.17) is 0 Å². The van der Waals surface area contributed by atoms with Crippen molar-refractivity contribution in [2.75, 3.05) is 16.8 Å². The molecule has 102 valence electrons. The fourth-order valence-corrected chi connectivity index (χ4v) is 3.00. The quantitative estimate of drug-likeness (QED) is 0.807. The van der Waals surface area contributed by atoms with Gasteiger partial charge in [-0.1, -0.05) is 29.8 Å². The predicted molar refractivity (Wildman–Crippen MR) is 84.9 cm³/mol. The summed E-state index contributed by atoms with van der Waals surface area (Å²) in [6, 6.07) is 13.0. The summed E-state index contributed by atoms with van der Waals surface area (Å²) >= 11 is 0. The largest absolute Gasteiger partial charge is 0.343 e. The van der Waals surface area contributed by atoms with Crippen molar-refractivity contribution in [2.45, 2.75) is 27.3 Å². The number of anilines is 2. The lowest BCUT2D eigenvalue weighted by Gasteiger charge is -2.20. The summed E-state index contributed by atoms with van der Waals surface area (Å²) < 4.78 is 0. The van der Waals surface area contributed by atoms with Crippen molar-refractivity contribution >= 4 is 11.4 Å². The molecule has 0 spiro atoms. The van der Waals surface area contributed by atoms with Crippen LogP contribution in [0.15, 0.2) is 36.4 Å². The third-order valence-electron chi connectivity index (χ3n) is 3.96. The van der Waals surface area contributed by atoms with E-state index in [0.717, 1.165) is 6.54 Å². The van der Waals surface area contributed by atoms with E-state index >= 15 is 0 Å². The minimum Gasteiger partial charge on any atom is -0.343 e. The van der Waals surface area contributed by atoms with Crippen molar-refractivity contribution in [3.05, 3.63) is 65.3 Å². The van der Waals surface area contributed by atoms with Crippen LogP contribution in [-0.4, -0.2) is 7.05 Å². The van der Waals surface area contributed by atoms with E-state index in [1.54, 1.807) is 0 Å². The molecule has 3 rings (SSSR count). The third-order valence-corrected chi connectivity index (χ3v) is 3.96. The van der Waals surface area contributed by atoms with Gasteiger partial charge in [0.05, 0.1) is 11.4 Å². The molecule has 2 radical (unpaired) electrons. The molecule has 2 aromatic rings. The van der Waals surface area contributed by atoms with E-state index in [2.05, 4.69) is 73.6 Å². The maximum absolute atomic E-state index is 3.40. The van der Waals surface area contributed by atoms with E-state index < -0.39 is 0 Å². The Balaban J connectivity index is 1.94. The highest BCUT2D eigenvalue weighted by Gasteiger charge is 2.25. The molecular formula is C18H20N2. The monoisotopic (exact) mass is 264 g/mol. The first kappa shape index (κ1) is 13.0. The van der Waals surface area contributed by atoms with Crippen molar-refractivity contribution in [3.8, 4) is 0 Å². The number of benzene rings is 2. The van der Waals surface area contributed by atoms with E-state index in [1.165, 1.54) is 33.6 Å². The third kappa shape index (κ3) is 2.15. The zero-order chi connectivity index (χ0) is 14.3. The standard InChI is InChI=1S/C18H20N2/c1-13-9-14(2)16(15(3)10-13)11-20-12-19(4)17-7-5-6-8-18(17)20/h5-10H,11H2,1-4H3. The fourth-order valence-electron chi connectivity index (χ4n) is 3.00. The van der Waals surface area contributed by atoms with Crippen LogP contribution in [0.1, 0.15) is 22.3 Å². The molecule has 0 unspecified atom stereocenters. The van der Waals surface area contributed by atoms with E-state index in [-0.39, 0.29) is 0 Å². The minimum atomic E-state index is 0.874. The summed E-state index contributed by atoms with van der Waals surface area (Å²) in [4.78, 5) is 4.27. The molecule has 0 aliphatic carbocycles. The second kappa shape index (κ2) is 4.86. The SMILES string of the molecule is Cc1cc(C)c(CN2[C]N(C)c3ccccc32)c(C)c1. The lowest BCUT2D eigenvalue weighted by atomic mass is 9.99. The van der Waals surface area contributed by atoms with Gasteiger partial charge in [0.15, 0.2) is 0 Å². The highest BCUT2D eigenvalue weighted by molar-refractivity contribution is 5.78. The van der Waals surface area contributed by atoms with Gasteiger partial charge in [0.2, 0.25) is 6.67 Å². The van der Waals surface area contributed by atoms with Gasteiger partial charge in [-0.25, -0.2) is 0 Å². The maximum Gasteiger partial charge on any atom is 0.208 e. The Morgan fingerprint density at radius 2 is 1.55 bits per heavy atom. The molecule has 0 bridgehead atoms. The van der Waals surface area contributed by atoms with Gasteiger partial charge in [-0.2, -0.15) is 0 Å². The van der Waals surface area contributed by atoms with Gasteiger partial charge in [0.1, 0.15) is 0 Å². The highest BCUT2D eigenvalue weighted by atomic mass is 15.4. The van der Waals surface area contributed by atoms with Crippen molar-refractivity contribution < 1.29 is 0 Å². The molecule has 1 heterocycles. The lowest BCUT2D eigenvalue weighted by Crippen LogP contribution is -2.22. The molecule has 0 saturated heterocycles. The first-order chi connectivity index (χ1) is 9.56. The van der Waals surface area contributed by atoms with Crippen molar-refractivity contribution in [2.24, 2.45) is 0 Å². The van der Waals surface area contributed by atoms with Gasteiger partial charge in [-0.05, 0) is 49.6 Å². The molecule has 2 nitrogen and oxygen atoms in total. The zero-order valence-corrected chi connectivity index (χ0v) is 12.6. The first-order valence-electron chi connectivity index (χ1n) is 6.99. The Morgan fingerprint density at radius 1 is 0.950 bits per heavy atom. The number of fused-ring (bicyclic) bond motifs is 1. The Morgan fingerprint density at radius 3 is 2.20 bits per heavy atom. The Hall–Kier alpha value is -1.96. The van der Waals surface area contributed by atoms with Crippen molar-refractivity contribution in [1.29, 1.82) is 0 Å². The van der Waals surface area contributed by atoms with E-state index in [9.17, 15) is 0 Å². The molecule has 0 saturated carbocycles. The molecule has 1 aliphatic heterocycles. The molecule has 0 amide bonds. The molecule has 0 N–H and O–H groups in total. The Bertz CT molecular complexity index is 623. The topological polar surface area (TPSA) is 6.48 Å². The van der Waals surface area contributed by atoms with Gasteiger partial charge >= 0.3 is 0 Å². The fraction of sp³-hybridized carbons (Fsp3) is 0.278. The van der Waals surface area contributed by atoms with E-state index in [1.807, 2.05) is 7.05 Å². The number of hydrogen-bond donors (Lipinski definition) is 0. The average Bonchev–Trinajstić information content (AvgIpc) is 2.71. The highest BCUT2D eigenvalue weighted by Crippen LogP contribution is 2.38. The maximum atomic E-state index is 3.40. The zero-order valence-electron chi connectivity index (χ0n) is 12.6. The summed E-state index contributed by atoms with van der Waals surface area (Å²) in [6.07, 6.45) is 0. The van der Waals surface area contributed by atoms with Gasteiger partial charge in [0, 0.05) is 13.6 Å². The van der Waals surface area contributed by atoms with Gasteiger partial charge in [0.25, 0.3) is 0 Å². The van der Waals surface area contributed by atoms with Crippen molar-refractivity contribution in [3.63, 3.8) is 0 Å². The van der Waals surface area contributed by atoms with Gasteiger partial charge < -0.3 is 9.80 Å². The van der Waals surface area contributed by atoms with Crippen LogP contribution in [0.2, 0.25) is 0 Å². The minimum absolute atomic E-state index is 0.874. The van der Waals surface area contributed by atoms with Crippen LogP contribution in [0.25, 0.3) is 0 Å². The van der Waals surface area contributed by atoms with E-state index in [0.29, 0.717) is 0 Å². The van der Waals surface area contributed by atoms with Crippen LogP contribution in [0.4, 0.5) is 11.4 Å². The molecule has 1 aliphatic rings. The molecule has 20 heavy (non-hydrogen) atoms. The van der Waals surface area contributed by atoms with Crippen LogP contribution in [-0.2, 0) is 6.54 Å². The molecular weight excluding hydrogens is 244 g/mol. The average molecular weight is 264 g/mol. The normalized spacial score (nSPS) is 13.8. The number of hydrogen-bond acceptors (Lipinski definition) is 2. The smallest absolute Gasteiger partial charge is 0.208 e. The molecule has 2 heteroatoms. The molecule has 2 aromatic carbocycles. The number of rotatable bonds is 2. The second-order valence-corrected chi connectivity index (χ2v) is 5.61. The summed E-state index contributed by atoms with van der Waals surface area (Å²) in [5, 5.41) is 0. The predicted octanol–water partition coefficient (Wildman–Crippen LogP) is 4.06. The van der Waals surface area contributed by atoms with Crippen LogP contribution in [0, 0.1) is 27.4 Å². The van der Waals surface area contributed by atoms with Crippen LogP contribution < -0.4 is 9.80 Å². The molecule has 0 fully saturated rings. The van der Waals surface area contributed by atoms with Crippen LogP contribution >= 0.6 is 0 Å². The Labute approximate surface area is 121 Å². The summed E-state index contributed by atoms with van der Waals surface area (Å²) in [5.74, 6) is 0. The Kier molecular flexibility index (Phi) is 3.17. The summed E-state index contributed by atoms with van der Waals surface area (Å²) in [6.45, 7) is 10.8. The summed E-state index contributed by atoms with van der Waals surface area (Å²) in [7, 11) is 2.05. The number of para-hydroxylation sites is 2. The van der Waals surface area contributed by atoms with Crippen LogP contribution in [0.3, 0.4) is 0 Å². The summed E-state index contributed by atoms with van der Waals surface area (Å²) in [5.41, 5.74) is 7.89. The van der Waals surface area contributed by atoms with Gasteiger partial charge in [-0.15, -0.1) is 0 Å².